The zero-order chi connectivity index (χ0) is 20.2. The van der Waals surface area contributed by atoms with E-state index in [9.17, 15) is 9.59 Å². The van der Waals surface area contributed by atoms with Crippen molar-refractivity contribution in [1.29, 1.82) is 0 Å². The fourth-order valence-electron chi connectivity index (χ4n) is 7.75. The van der Waals surface area contributed by atoms with E-state index < -0.39 is 0 Å². The van der Waals surface area contributed by atoms with E-state index in [1.165, 1.54) is 17.6 Å². The third-order valence-corrected chi connectivity index (χ3v) is 9.46. The molecule has 0 heterocycles. The first-order valence-electron chi connectivity index (χ1n) is 11.7. The van der Waals surface area contributed by atoms with Crippen molar-refractivity contribution >= 4 is 11.6 Å². The first kappa shape index (κ1) is 19.3. The Morgan fingerprint density at radius 3 is 2.48 bits per heavy atom. The number of benzene rings is 1. The minimum absolute atomic E-state index is 0.0596. The molecule has 0 N–H and O–H groups in total. The topological polar surface area (TPSA) is 34.1 Å². The Labute approximate surface area is 175 Å². The minimum atomic E-state index is -0.0596. The standard InChI is InChI=1S/C27H34O2/c1-26-15-14-23-21(22(26)12-13-25(26)29)11-10-20-16-24(28)19(17-27(20,23)2)9-8-18-6-4-3-5-7-18/h3-7,16,19,21-23H,8-15,17H2,1-2H3/t19-,21+,22+,23+,26+,27+/m1/s1. The lowest BCUT2D eigenvalue weighted by Crippen LogP contribution is -2.51. The number of allylic oxidation sites excluding steroid dienone is 1. The van der Waals surface area contributed by atoms with Crippen molar-refractivity contribution in [2.75, 3.05) is 0 Å². The van der Waals surface area contributed by atoms with Gasteiger partial charge in [0.25, 0.3) is 0 Å². The third-order valence-electron chi connectivity index (χ3n) is 9.46. The van der Waals surface area contributed by atoms with E-state index in [0.717, 1.165) is 51.4 Å². The molecule has 29 heavy (non-hydrogen) atoms. The molecule has 5 rings (SSSR count). The number of Topliss-reactive ketones (excluding diaryl/α,β-unsaturated/α-hetero) is 1. The monoisotopic (exact) mass is 390 g/mol. The number of aryl methyl sites for hydroxylation is 1. The summed E-state index contributed by atoms with van der Waals surface area (Å²) in [6, 6.07) is 10.6. The van der Waals surface area contributed by atoms with Crippen molar-refractivity contribution in [2.24, 2.45) is 34.5 Å². The van der Waals surface area contributed by atoms with Gasteiger partial charge in [-0.05, 0) is 86.2 Å². The van der Waals surface area contributed by atoms with Crippen molar-refractivity contribution in [3.63, 3.8) is 0 Å². The van der Waals surface area contributed by atoms with E-state index >= 15 is 0 Å². The molecular formula is C27H34O2. The van der Waals surface area contributed by atoms with Gasteiger partial charge in [0.2, 0.25) is 0 Å². The Hall–Kier alpha value is -1.70. The normalized spacial score (nSPS) is 41.4. The molecule has 0 radical (unpaired) electrons. The summed E-state index contributed by atoms with van der Waals surface area (Å²) in [7, 11) is 0. The Kier molecular flexibility index (Phi) is 4.60. The average Bonchev–Trinajstić information content (AvgIpc) is 3.02. The lowest BCUT2D eigenvalue weighted by Gasteiger charge is -2.57. The molecule has 0 aliphatic heterocycles. The van der Waals surface area contributed by atoms with Crippen LogP contribution in [0.2, 0.25) is 0 Å². The highest BCUT2D eigenvalue weighted by Gasteiger charge is 2.59. The molecule has 1 aromatic carbocycles. The summed E-state index contributed by atoms with van der Waals surface area (Å²) in [5.74, 6) is 2.94. The minimum Gasteiger partial charge on any atom is -0.299 e. The SMILES string of the molecule is C[C@]12C[C@@H](CCc3ccccc3)C(=O)C=C1CC[C@@H]1[C@@H]2CC[C@]2(C)C(=O)CC[C@@H]12. The molecule has 6 atom stereocenters. The fraction of sp³-hybridized carbons (Fsp3) is 0.630. The molecule has 1 aromatic rings. The molecule has 0 amide bonds. The van der Waals surface area contributed by atoms with E-state index in [0.29, 0.717) is 29.3 Å². The molecule has 0 aromatic heterocycles. The largest absolute Gasteiger partial charge is 0.299 e. The molecule has 0 bridgehead atoms. The highest BCUT2D eigenvalue weighted by Crippen LogP contribution is 2.64. The third kappa shape index (κ3) is 2.97. The number of hydrogen-bond donors (Lipinski definition) is 0. The Balaban J connectivity index is 1.38. The molecule has 4 aliphatic rings. The van der Waals surface area contributed by atoms with Crippen LogP contribution in [-0.4, -0.2) is 11.6 Å². The van der Waals surface area contributed by atoms with Gasteiger partial charge in [-0.3, -0.25) is 9.59 Å². The van der Waals surface area contributed by atoms with E-state index in [-0.39, 0.29) is 16.7 Å². The van der Waals surface area contributed by atoms with Crippen LogP contribution in [0.4, 0.5) is 0 Å². The van der Waals surface area contributed by atoms with E-state index in [2.05, 4.69) is 44.2 Å². The summed E-state index contributed by atoms with van der Waals surface area (Å²) in [4.78, 5) is 25.6. The van der Waals surface area contributed by atoms with Gasteiger partial charge in [-0.1, -0.05) is 49.8 Å². The second kappa shape index (κ2) is 6.93. The zero-order valence-corrected chi connectivity index (χ0v) is 18.0. The highest BCUT2D eigenvalue weighted by atomic mass is 16.1. The van der Waals surface area contributed by atoms with Gasteiger partial charge in [-0.25, -0.2) is 0 Å². The van der Waals surface area contributed by atoms with Crippen molar-refractivity contribution < 1.29 is 9.59 Å². The van der Waals surface area contributed by atoms with Crippen molar-refractivity contribution in [3.8, 4) is 0 Å². The van der Waals surface area contributed by atoms with Crippen LogP contribution in [0.15, 0.2) is 42.0 Å². The van der Waals surface area contributed by atoms with Gasteiger partial charge in [0.1, 0.15) is 5.78 Å². The summed E-state index contributed by atoms with van der Waals surface area (Å²) >= 11 is 0. The second-order valence-corrected chi connectivity index (χ2v) is 10.7. The maximum absolute atomic E-state index is 12.9. The van der Waals surface area contributed by atoms with Crippen LogP contribution < -0.4 is 0 Å². The molecule has 154 valence electrons. The molecule has 2 heteroatoms. The number of fused-ring (bicyclic) bond motifs is 5. The van der Waals surface area contributed by atoms with Crippen LogP contribution in [0.1, 0.15) is 70.8 Å². The fourth-order valence-corrected chi connectivity index (χ4v) is 7.75. The van der Waals surface area contributed by atoms with Gasteiger partial charge in [-0.2, -0.15) is 0 Å². The number of rotatable bonds is 3. The van der Waals surface area contributed by atoms with Crippen molar-refractivity contribution in [3.05, 3.63) is 47.5 Å². The smallest absolute Gasteiger partial charge is 0.158 e. The van der Waals surface area contributed by atoms with Crippen molar-refractivity contribution in [2.45, 2.75) is 71.6 Å². The van der Waals surface area contributed by atoms with E-state index in [1.54, 1.807) is 0 Å². The van der Waals surface area contributed by atoms with Gasteiger partial charge < -0.3 is 0 Å². The molecule has 0 unspecified atom stereocenters. The van der Waals surface area contributed by atoms with Crippen LogP contribution in [0.5, 0.6) is 0 Å². The molecule has 4 aliphatic carbocycles. The first-order valence-corrected chi connectivity index (χ1v) is 11.7. The summed E-state index contributed by atoms with van der Waals surface area (Å²) in [6.45, 7) is 4.71. The Morgan fingerprint density at radius 1 is 0.931 bits per heavy atom. The summed E-state index contributed by atoms with van der Waals surface area (Å²) in [5, 5.41) is 0. The Morgan fingerprint density at radius 2 is 1.69 bits per heavy atom. The van der Waals surface area contributed by atoms with Gasteiger partial charge in [0.15, 0.2) is 5.78 Å². The van der Waals surface area contributed by atoms with Gasteiger partial charge in [-0.15, -0.1) is 0 Å². The molecule has 0 saturated heterocycles. The van der Waals surface area contributed by atoms with Crippen LogP contribution in [-0.2, 0) is 16.0 Å². The van der Waals surface area contributed by atoms with Gasteiger partial charge in [0, 0.05) is 17.8 Å². The van der Waals surface area contributed by atoms with Crippen LogP contribution in [0, 0.1) is 34.5 Å². The lowest BCUT2D eigenvalue weighted by molar-refractivity contribution is -0.133. The quantitative estimate of drug-likeness (QED) is 0.639. The maximum Gasteiger partial charge on any atom is 0.158 e. The lowest BCUT2D eigenvalue weighted by atomic mass is 9.46. The number of ketones is 2. The second-order valence-electron chi connectivity index (χ2n) is 10.7. The van der Waals surface area contributed by atoms with Crippen LogP contribution >= 0.6 is 0 Å². The molecule has 3 saturated carbocycles. The van der Waals surface area contributed by atoms with Crippen LogP contribution in [0.3, 0.4) is 0 Å². The predicted octanol–water partition coefficient (Wildman–Crippen LogP) is 5.95. The van der Waals surface area contributed by atoms with Crippen molar-refractivity contribution in [1.82, 2.24) is 0 Å². The molecular weight excluding hydrogens is 356 g/mol. The summed E-state index contributed by atoms with van der Waals surface area (Å²) < 4.78 is 0. The number of carbonyl (C=O) groups excluding carboxylic acids is 2. The zero-order valence-electron chi connectivity index (χ0n) is 18.0. The maximum atomic E-state index is 12.9. The first-order chi connectivity index (χ1) is 13.9. The van der Waals surface area contributed by atoms with Crippen LogP contribution in [0.25, 0.3) is 0 Å². The summed E-state index contributed by atoms with van der Waals surface area (Å²) in [5.41, 5.74) is 2.86. The predicted molar refractivity (Wildman–Crippen MR) is 115 cm³/mol. The van der Waals surface area contributed by atoms with Gasteiger partial charge >= 0.3 is 0 Å². The molecule has 3 fully saturated rings. The number of hydrogen-bond acceptors (Lipinski definition) is 2. The van der Waals surface area contributed by atoms with E-state index in [4.69, 9.17) is 0 Å². The molecule has 0 spiro atoms. The number of carbonyl (C=O) groups is 2. The van der Waals surface area contributed by atoms with E-state index in [1.807, 2.05) is 6.08 Å². The van der Waals surface area contributed by atoms with Gasteiger partial charge in [0.05, 0.1) is 0 Å². The summed E-state index contributed by atoms with van der Waals surface area (Å²) in [6.07, 6.45) is 11.4. The average molecular weight is 391 g/mol. The highest BCUT2D eigenvalue weighted by molar-refractivity contribution is 5.94. The molecule has 2 nitrogen and oxygen atoms in total. The Bertz CT molecular complexity index is 853.